The van der Waals surface area contributed by atoms with Crippen LogP contribution in [0.5, 0.6) is 5.88 Å². The fourth-order valence-corrected chi connectivity index (χ4v) is 3.64. The van der Waals surface area contributed by atoms with Gasteiger partial charge in [-0.15, -0.1) is 5.73 Å². The first-order chi connectivity index (χ1) is 12.4. The third kappa shape index (κ3) is 3.66. The lowest BCUT2D eigenvalue weighted by Crippen LogP contribution is -2.22. The molecule has 2 aromatic rings. The largest absolute Gasteiger partial charge is 0.479 e. The Morgan fingerprint density at radius 2 is 2.15 bits per heavy atom. The first-order valence-corrected chi connectivity index (χ1v) is 12.3. The van der Waals surface area contributed by atoms with Crippen LogP contribution in [0.3, 0.4) is 0 Å². The molecule has 0 unspecified atom stereocenters. The van der Waals surface area contributed by atoms with Crippen LogP contribution in [0.15, 0.2) is 36.4 Å². The summed E-state index contributed by atoms with van der Waals surface area (Å²) < 4.78 is 13.4. The Bertz CT molecular complexity index is 968. The SMILES string of the molecule is COc1ncc(C#N)c2c(C3=C=CC=C3)cn(COCC[Si](C)(C)C)c12. The fourth-order valence-electron chi connectivity index (χ4n) is 2.89. The molecular formula is C20H23N3O2Si. The highest BCUT2D eigenvalue weighted by Crippen LogP contribution is 2.35. The van der Waals surface area contributed by atoms with Gasteiger partial charge < -0.3 is 14.0 Å². The summed E-state index contributed by atoms with van der Waals surface area (Å²) in [4.78, 5) is 4.29. The lowest BCUT2D eigenvalue weighted by Gasteiger charge is -2.16. The number of methoxy groups -OCH3 is 1. The van der Waals surface area contributed by atoms with Crippen LogP contribution < -0.4 is 4.74 Å². The van der Waals surface area contributed by atoms with Gasteiger partial charge in [0.25, 0.3) is 0 Å². The summed E-state index contributed by atoms with van der Waals surface area (Å²) in [6, 6.07) is 3.35. The number of nitriles is 1. The minimum Gasteiger partial charge on any atom is -0.479 e. The highest BCUT2D eigenvalue weighted by atomic mass is 28.3. The van der Waals surface area contributed by atoms with Gasteiger partial charge in [0, 0.05) is 43.6 Å². The Morgan fingerprint density at radius 1 is 1.35 bits per heavy atom. The first-order valence-electron chi connectivity index (χ1n) is 8.62. The highest BCUT2D eigenvalue weighted by Gasteiger charge is 2.20. The Labute approximate surface area is 154 Å². The predicted octanol–water partition coefficient (Wildman–Crippen LogP) is 4.34. The van der Waals surface area contributed by atoms with Crippen LogP contribution in [0.4, 0.5) is 0 Å². The van der Waals surface area contributed by atoms with Gasteiger partial charge in [0.15, 0.2) is 0 Å². The van der Waals surface area contributed by atoms with E-state index in [1.807, 2.05) is 29.0 Å². The van der Waals surface area contributed by atoms with Crippen molar-refractivity contribution in [2.45, 2.75) is 32.4 Å². The van der Waals surface area contributed by atoms with E-state index in [0.717, 1.165) is 34.7 Å². The van der Waals surface area contributed by atoms with Gasteiger partial charge in [0.05, 0.1) is 12.7 Å². The van der Waals surface area contributed by atoms with Crippen molar-refractivity contribution in [3.05, 3.63) is 47.5 Å². The van der Waals surface area contributed by atoms with E-state index in [9.17, 15) is 5.26 Å². The molecule has 0 amide bonds. The molecule has 6 heteroatoms. The minimum absolute atomic E-state index is 0.397. The minimum atomic E-state index is -1.14. The van der Waals surface area contributed by atoms with Gasteiger partial charge >= 0.3 is 0 Å². The number of hydrogen-bond donors (Lipinski definition) is 0. The number of nitrogens with zero attached hydrogens (tertiary/aromatic N) is 3. The van der Waals surface area contributed by atoms with Crippen molar-refractivity contribution >= 4 is 24.5 Å². The Kier molecular flexibility index (Phi) is 5.15. The van der Waals surface area contributed by atoms with E-state index in [2.05, 4.69) is 36.4 Å². The maximum Gasteiger partial charge on any atom is 0.238 e. The molecule has 0 radical (unpaired) electrons. The Morgan fingerprint density at radius 3 is 2.77 bits per heavy atom. The van der Waals surface area contributed by atoms with Crippen LogP contribution in [-0.4, -0.2) is 31.3 Å². The maximum atomic E-state index is 9.56. The number of aromatic nitrogens is 2. The lowest BCUT2D eigenvalue weighted by atomic mass is 10.0. The van der Waals surface area contributed by atoms with Crippen LogP contribution in [0, 0.1) is 11.3 Å². The van der Waals surface area contributed by atoms with Crippen molar-refractivity contribution < 1.29 is 9.47 Å². The van der Waals surface area contributed by atoms with E-state index in [1.165, 1.54) is 0 Å². The molecular weight excluding hydrogens is 342 g/mol. The summed E-state index contributed by atoms with van der Waals surface area (Å²) in [5.74, 6) is 0.491. The molecule has 3 rings (SSSR count). The van der Waals surface area contributed by atoms with Gasteiger partial charge in [0.1, 0.15) is 18.3 Å². The third-order valence-corrected chi connectivity index (χ3v) is 5.99. The second kappa shape index (κ2) is 7.34. The molecule has 0 fully saturated rings. The van der Waals surface area contributed by atoms with Gasteiger partial charge in [-0.05, 0) is 18.2 Å². The zero-order valence-corrected chi connectivity index (χ0v) is 16.7. The average molecular weight is 366 g/mol. The second-order valence-electron chi connectivity index (χ2n) is 7.46. The van der Waals surface area contributed by atoms with Crippen molar-refractivity contribution in [3.8, 4) is 11.9 Å². The van der Waals surface area contributed by atoms with E-state index in [-0.39, 0.29) is 0 Å². The van der Waals surface area contributed by atoms with Crippen molar-refractivity contribution in [1.29, 1.82) is 5.26 Å². The molecule has 2 aromatic heterocycles. The molecule has 0 aliphatic heterocycles. The molecule has 0 spiro atoms. The third-order valence-electron chi connectivity index (χ3n) is 4.29. The first kappa shape index (κ1) is 18.2. The molecule has 0 aromatic carbocycles. The van der Waals surface area contributed by atoms with Gasteiger partial charge in [-0.3, -0.25) is 0 Å². The molecule has 0 saturated heterocycles. The predicted molar refractivity (Wildman–Crippen MR) is 106 cm³/mol. The number of allylic oxidation sites excluding steroid dienone is 3. The van der Waals surface area contributed by atoms with Gasteiger partial charge in [0.2, 0.25) is 5.88 Å². The van der Waals surface area contributed by atoms with Crippen molar-refractivity contribution in [3.63, 3.8) is 0 Å². The van der Waals surface area contributed by atoms with Gasteiger partial charge in [-0.25, -0.2) is 4.98 Å². The van der Waals surface area contributed by atoms with Crippen LogP contribution in [0.25, 0.3) is 16.5 Å². The second-order valence-corrected chi connectivity index (χ2v) is 13.1. The van der Waals surface area contributed by atoms with Crippen molar-refractivity contribution in [2.75, 3.05) is 13.7 Å². The molecule has 0 N–H and O–H groups in total. The number of rotatable bonds is 7. The Balaban J connectivity index is 2.04. The highest BCUT2D eigenvalue weighted by molar-refractivity contribution is 6.76. The lowest BCUT2D eigenvalue weighted by molar-refractivity contribution is 0.0899. The molecule has 5 nitrogen and oxygen atoms in total. The van der Waals surface area contributed by atoms with Crippen LogP contribution in [0.2, 0.25) is 25.7 Å². The van der Waals surface area contributed by atoms with E-state index in [4.69, 9.17) is 9.47 Å². The van der Waals surface area contributed by atoms with Gasteiger partial charge in [-0.1, -0.05) is 25.7 Å². The summed E-state index contributed by atoms with van der Waals surface area (Å²) >= 11 is 0. The van der Waals surface area contributed by atoms with Crippen LogP contribution in [0.1, 0.15) is 11.1 Å². The van der Waals surface area contributed by atoms with Crippen LogP contribution in [-0.2, 0) is 11.5 Å². The maximum absolute atomic E-state index is 9.56. The molecule has 1 aliphatic rings. The fraction of sp³-hybridized carbons (Fsp3) is 0.350. The molecule has 0 saturated carbocycles. The summed E-state index contributed by atoms with van der Waals surface area (Å²) in [5, 5.41) is 10.4. The van der Waals surface area contributed by atoms with E-state index in [0.29, 0.717) is 18.2 Å². The van der Waals surface area contributed by atoms with Gasteiger partial charge in [-0.2, -0.15) is 5.26 Å². The topological polar surface area (TPSA) is 60.1 Å². The molecule has 0 atom stereocenters. The monoisotopic (exact) mass is 365 g/mol. The van der Waals surface area contributed by atoms with E-state index >= 15 is 0 Å². The molecule has 2 heterocycles. The smallest absolute Gasteiger partial charge is 0.238 e. The van der Waals surface area contributed by atoms with Crippen LogP contribution >= 0.6 is 0 Å². The summed E-state index contributed by atoms with van der Waals surface area (Å²) in [5.41, 5.74) is 6.40. The average Bonchev–Trinajstić information content (AvgIpc) is 3.25. The zero-order chi connectivity index (χ0) is 18.7. The Hall–Kier alpha value is -2.58. The molecule has 26 heavy (non-hydrogen) atoms. The number of fused-ring (bicyclic) bond motifs is 1. The molecule has 1 aliphatic carbocycles. The van der Waals surface area contributed by atoms with Crippen molar-refractivity contribution in [1.82, 2.24) is 9.55 Å². The normalized spacial score (nSPS) is 13.3. The molecule has 0 bridgehead atoms. The van der Waals surface area contributed by atoms with Crippen molar-refractivity contribution in [2.24, 2.45) is 0 Å². The summed E-state index contributed by atoms with van der Waals surface area (Å²) in [6.45, 7) is 8.11. The summed E-state index contributed by atoms with van der Waals surface area (Å²) in [6.07, 6.45) is 9.35. The number of hydrogen-bond acceptors (Lipinski definition) is 4. The zero-order valence-electron chi connectivity index (χ0n) is 15.7. The van der Waals surface area contributed by atoms with E-state index < -0.39 is 8.07 Å². The quantitative estimate of drug-likeness (QED) is 0.416. The summed E-state index contributed by atoms with van der Waals surface area (Å²) in [7, 11) is 0.450. The standard InChI is InChI=1S/C20H23N3O2Si/c1-24-20-19-18(16(11-21)12-22-20)17(15-7-5-6-8-15)13-23(19)14-25-9-10-26(2,3)4/h5-7,12-13H,9-10,14H2,1-4H3. The number of pyridine rings is 1. The van der Waals surface area contributed by atoms with E-state index in [1.54, 1.807) is 13.3 Å². The number of ether oxygens (including phenoxy) is 2. The molecule has 134 valence electrons.